The number of carbonyl (C=O) groups is 1. The van der Waals surface area contributed by atoms with Crippen molar-refractivity contribution in [2.45, 2.75) is 32.2 Å². The van der Waals surface area contributed by atoms with E-state index in [0.717, 1.165) is 38.9 Å². The van der Waals surface area contributed by atoms with Gasteiger partial charge >= 0.3 is 0 Å². The molecule has 1 saturated heterocycles. The molecule has 3 rings (SSSR count). The maximum absolute atomic E-state index is 12.9. The van der Waals surface area contributed by atoms with E-state index < -0.39 is 0 Å². The van der Waals surface area contributed by atoms with Gasteiger partial charge in [-0.1, -0.05) is 12.1 Å². The maximum atomic E-state index is 12.9. The second kappa shape index (κ2) is 8.99. The van der Waals surface area contributed by atoms with Crippen LogP contribution in [-0.2, 0) is 11.3 Å². The Balaban J connectivity index is 1.80. The smallest absolute Gasteiger partial charge is 0.300 e. The first kappa shape index (κ1) is 19.4. The van der Waals surface area contributed by atoms with Crippen LogP contribution >= 0.6 is 0 Å². The van der Waals surface area contributed by atoms with Crippen molar-refractivity contribution in [3.8, 4) is 6.01 Å². The number of carbonyl (C=O) groups excluding carboxylic acids is 1. The molecule has 0 atom stereocenters. The SMILES string of the molecule is CN(C)CCCn1c(OCC(=O)N2CCCCC2)nc2ccccc2c1=O. The fourth-order valence-electron chi connectivity index (χ4n) is 3.36. The first-order valence-electron chi connectivity index (χ1n) is 9.61. The van der Waals surface area contributed by atoms with Gasteiger partial charge < -0.3 is 14.5 Å². The van der Waals surface area contributed by atoms with Gasteiger partial charge in [0.1, 0.15) is 0 Å². The summed E-state index contributed by atoms with van der Waals surface area (Å²) in [5.41, 5.74) is 0.464. The predicted molar refractivity (Wildman–Crippen MR) is 105 cm³/mol. The molecule has 1 aromatic heterocycles. The molecule has 7 heteroatoms. The first-order valence-corrected chi connectivity index (χ1v) is 9.61. The van der Waals surface area contributed by atoms with Crippen molar-refractivity contribution in [1.29, 1.82) is 0 Å². The lowest BCUT2D eigenvalue weighted by Gasteiger charge is -2.26. The monoisotopic (exact) mass is 372 g/mol. The number of hydrogen-bond acceptors (Lipinski definition) is 5. The Morgan fingerprint density at radius 3 is 2.67 bits per heavy atom. The molecule has 1 aliphatic rings. The molecule has 0 spiro atoms. The summed E-state index contributed by atoms with van der Waals surface area (Å²) in [5.74, 6) is -0.0445. The predicted octanol–water partition coefficient (Wildman–Crippen LogP) is 1.74. The number of nitrogens with zero attached hydrogens (tertiary/aromatic N) is 4. The minimum atomic E-state index is -0.125. The molecule has 1 aliphatic heterocycles. The molecule has 0 aliphatic carbocycles. The minimum absolute atomic E-state index is 0.0445. The largest absolute Gasteiger partial charge is 0.454 e. The normalized spacial score (nSPS) is 14.7. The van der Waals surface area contributed by atoms with E-state index in [4.69, 9.17) is 4.74 Å². The minimum Gasteiger partial charge on any atom is -0.454 e. The molecule has 0 unspecified atom stereocenters. The molecule has 7 nitrogen and oxygen atoms in total. The van der Waals surface area contributed by atoms with Crippen molar-refractivity contribution in [2.24, 2.45) is 0 Å². The molecule has 27 heavy (non-hydrogen) atoms. The molecule has 1 fully saturated rings. The van der Waals surface area contributed by atoms with Crippen LogP contribution in [0.25, 0.3) is 10.9 Å². The summed E-state index contributed by atoms with van der Waals surface area (Å²) >= 11 is 0. The van der Waals surface area contributed by atoms with Gasteiger partial charge in [0.15, 0.2) is 6.61 Å². The number of piperidine rings is 1. The number of rotatable bonds is 7. The number of amides is 1. The lowest BCUT2D eigenvalue weighted by atomic mass is 10.1. The molecule has 1 amide bonds. The second-order valence-corrected chi connectivity index (χ2v) is 7.26. The van der Waals surface area contributed by atoms with Crippen LogP contribution < -0.4 is 10.3 Å². The van der Waals surface area contributed by atoms with Crippen molar-refractivity contribution in [3.63, 3.8) is 0 Å². The fraction of sp³-hybridized carbons (Fsp3) is 0.550. The fourth-order valence-corrected chi connectivity index (χ4v) is 3.36. The Morgan fingerprint density at radius 1 is 1.19 bits per heavy atom. The summed E-state index contributed by atoms with van der Waals surface area (Å²) < 4.78 is 7.30. The number of ether oxygens (including phenoxy) is 1. The zero-order chi connectivity index (χ0) is 19.2. The van der Waals surface area contributed by atoms with Crippen molar-refractivity contribution < 1.29 is 9.53 Å². The van der Waals surface area contributed by atoms with Crippen molar-refractivity contribution in [1.82, 2.24) is 19.4 Å². The van der Waals surface area contributed by atoms with Gasteiger partial charge in [-0.3, -0.25) is 14.2 Å². The van der Waals surface area contributed by atoms with Gasteiger partial charge in [0.2, 0.25) is 0 Å². The van der Waals surface area contributed by atoms with Gasteiger partial charge in [-0.15, -0.1) is 0 Å². The van der Waals surface area contributed by atoms with Gasteiger partial charge in [-0.2, -0.15) is 4.98 Å². The first-order chi connectivity index (χ1) is 13.1. The lowest BCUT2D eigenvalue weighted by molar-refractivity contribution is -0.134. The van der Waals surface area contributed by atoms with E-state index in [-0.39, 0.29) is 24.1 Å². The third-order valence-corrected chi connectivity index (χ3v) is 4.85. The van der Waals surface area contributed by atoms with Gasteiger partial charge in [0.25, 0.3) is 17.5 Å². The summed E-state index contributed by atoms with van der Waals surface area (Å²) in [5, 5.41) is 0.567. The third-order valence-electron chi connectivity index (χ3n) is 4.85. The summed E-state index contributed by atoms with van der Waals surface area (Å²) in [7, 11) is 3.99. The van der Waals surface area contributed by atoms with Crippen molar-refractivity contribution in [3.05, 3.63) is 34.6 Å². The van der Waals surface area contributed by atoms with Gasteiger partial charge in [0, 0.05) is 19.6 Å². The zero-order valence-corrected chi connectivity index (χ0v) is 16.2. The molecule has 146 valence electrons. The number of hydrogen-bond donors (Lipinski definition) is 0. The van der Waals surface area contributed by atoms with Crippen LogP contribution in [0.3, 0.4) is 0 Å². The van der Waals surface area contributed by atoms with E-state index >= 15 is 0 Å². The molecule has 0 N–H and O–H groups in total. The van der Waals surface area contributed by atoms with Crippen LogP contribution in [0.1, 0.15) is 25.7 Å². The molecule has 0 saturated carbocycles. The summed E-state index contributed by atoms with van der Waals surface area (Å²) in [6.07, 6.45) is 4.04. The number of benzene rings is 1. The highest BCUT2D eigenvalue weighted by Gasteiger charge is 2.19. The van der Waals surface area contributed by atoms with E-state index in [0.29, 0.717) is 17.4 Å². The number of para-hydroxylation sites is 1. The number of likely N-dealkylation sites (tertiary alicyclic amines) is 1. The van der Waals surface area contributed by atoms with Crippen LogP contribution in [0.15, 0.2) is 29.1 Å². The quantitative estimate of drug-likeness (QED) is 0.741. The van der Waals surface area contributed by atoms with E-state index in [1.807, 2.05) is 31.1 Å². The molecule has 0 radical (unpaired) electrons. The third kappa shape index (κ3) is 4.86. The highest BCUT2D eigenvalue weighted by Crippen LogP contribution is 2.14. The van der Waals surface area contributed by atoms with Crippen LogP contribution in [0, 0.1) is 0 Å². The Morgan fingerprint density at radius 2 is 1.93 bits per heavy atom. The highest BCUT2D eigenvalue weighted by molar-refractivity contribution is 5.79. The number of fused-ring (bicyclic) bond motifs is 1. The highest BCUT2D eigenvalue weighted by atomic mass is 16.5. The topological polar surface area (TPSA) is 67.7 Å². The van der Waals surface area contributed by atoms with Crippen LogP contribution in [-0.4, -0.2) is 65.6 Å². The number of aromatic nitrogens is 2. The summed E-state index contributed by atoms with van der Waals surface area (Å²) in [4.78, 5) is 33.7. The summed E-state index contributed by atoms with van der Waals surface area (Å²) in [6.45, 7) is 2.83. The lowest BCUT2D eigenvalue weighted by Crippen LogP contribution is -2.39. The Hall–Kier alpha value is -2.41. The van der Waals surface area contributed by atoms with Crippen LogP contribution in [0.5, 0.6) is 6.01 Å². The molecule has 0 bridgehead atoms. The zero-order valence-electron chi connectivity index (χ0n) is 16.2. The molecule has 2 aromatic rings. The molecule has 2 heterocycles. The Kier molecular flexibility index (Phi) is 6.45. The average Bonchev–Trinajstić information content (AvgIpc) is 2.68. The van der Waals surface area contributed by atoms with E-state index in [1.54, 1.807) is 16.7 Å². The maximum Gasteiger partial charge on any atom is 0.300 e. The van der Waals surface area contributed by atoms with Crippen LogP contribution in [0.2, 0.25) is 0 Å². The summed E-state index contributed by atoms with van der Waals surface area (Å²) in [6, 6.07) is 7.46. The van der Waals surface area contributed by atoms with E-state index in [9.17, 15) is 9.59 Å². The Bertz CT molecular complexity index is 841. The van der Waals surface area contributed by atoms with E-state index in [2.05, 4.69) is 9.88 Å². The molecule has 1 aromatic carbocycles. The molecular formula is C20H28N4O3. The standard InChI is InChI=1S/C20H28N4O3/c1-22(2)11-8-14-24-19(26)16-9-4-5-10-17(16)21-20(24)27-15-18(25)23-12-6-3-7-13-23/h4-5,9-10H,3,6-8,11-15H2,1-2H3. The van der Waals surface area contributed by atoms with Crippen LogP contribution in [0.4, 0.5) is 0 Å². The van der Waals surface area contributed by atoms with E-state index in [1.165, 1.54) is 6.42 Å². The van der Waals surface area contributed by atoms with Crippen molar-refractivity contribution in [2.75, 3.05) is 40.3 Å². The average molecular weight is 372 g/mol. The Labute approximate surface area is 159 Å². The second-order valence-electron chi connectivity index (χ2n) is 7.26. The van der Waals surface area contributed by atoms with Gasteiger partial charge in [0.05, 0.1) is 10.9 Å². The van der Waals surface area contributed by atoms with Crippen molar-refractivity contribution >= 4 is 16.8 Å². The van der Waals surface area contributed by atoms with Gasteiger partial charge in [-0.25, -0.2) is 0 Å². The van der Waals surface area contributed by atoms with Gasteiger partial charge in [-0.05, 0) is 58.5 Å². The molecular weight excluding hydrogens is 344 g/mol.